The summed E-state index contributed by atoms with van der Waals surface area (Å²) in [7, 11) is 0. The average Bonchev–Trinajstić information content (AvgIpc) is 3.64. The van der Waals surface area contributed by atoms with Gasteiger partial charge in [0.25, 0.3) is 0 Å². The number of para-hydroxylation sites is 2. The zero-order chi connectivity index (χ0) is 28.4. The molecule has 0 bridgehead atoms. The van der Waals surface area contributed by atoms with Crippen LogP contribution >= 0.6 is 0 Å². The van der Waals surface area contributed by atoms with E-state index in [0.717, 1.165) is 44.7 Å². The summed E-state index contributed by atoms with van der Waals surface area (Å²) in [6.07, 6.45) is -0.920. The van der Waals surface area contributed by atoms with Crippen LogP contribution in [-0.4, -0.2) is 9.97 Å². The Morgan fingerprint density at radius 3 is 2.12 bits per heavy atom. The second-order valence-corrected chi connectivity index (χ2v) is 11.0. The first-order valence-electron chi connectivity index (χ1n) is 13.4. The third-order valence-electron chi connectivity index (χ3n) is 8.14. The molecule has 3 heterocycles. The molecule has 1 unspecified atom stereocenters. The Morgan fingerprint density at radius 2 is 1.34 bits per heavy atom. The Kier molecular flexibility index (Phi) is 5.57. The zero-order valence-electron chi connectivity index (χ0n) is 22.3. The molecule has 1 atom stereocenters. The highest BCUT2D eigenvalue weighted by molar-refractivity contribution is 5.90. The number of aromatic amines is 2. The molecule has 41 heavy (non-hydrogen) atoms. The Morgan fingerprint density at radius 1 is 0.707 bits per heavy atom. The van der Waals surface area contributed by atoms with Crippen molar-refractivity contribution in [3.63, 3.8) is 0 Å². The third kappa shape index (κ3) is 4.18. The number of alkyl halides is 3. The van der Waals surface area contributed by atoms with Crippen molar-refractivity contribution in [2.24, 2.45) is 10.2 Å². The fraction of sp³-hybridized carbons (Fsp3) is 0.152. The molecule has 3 N–H and O–H groups in total. The molecule has 1 aliphatic heterocycles. The average molecular weight is 550 g/mol. The second kappa shape index (κ2) is 9.09. The standard InChI is InChI=1S/C33H26F3N5/c1-32(2)24-13-11-20(16-29(24)39-31(32)23-17-37-26-9-5-3-7-21(23)26)19-12-14-28(25(15-19)33(34,35)36)40-41-30-18-38-27-10-6-4-8-22(27)30/h3-18,31,37-39H,1-2H3. The molecule has 7 rings (SSSR count). The number of azo groups is 1. The van der Waals surface area contributed by atoms with Crippen molar-refractivity contribution in [1.82, 2.24) is 9.97 Å². The van der Waals surface area contributed by atoms with E-state index in [-0.39, 0.29) is 17.1 Å². The van der Waals surface area contributed by atoms with Crippen molar-refractivity contribution in [2.45, 2.75) is 31.5 Å². The van der Waals surface area contributed by atoms with Crippen molar-refractivity contribution < 1.29 is 13.2 Å². The lowest BCUT2D eigenvalue weighted by Gasteiger charge is -2.27. The van der Waals surface area contributed by atoms with E-state index >= 15 is 0 Å². The van der Waals surface area contributed by atoms with Crippen LogP contribution in [0.5, 0.6) is 0 Å². The normalized spacial score (nSPS) is 16.5. The fourth-order valence-electron chi connectivity index (χ4n) is 5.97. The van der Waals surface area contributed by atoms with Crippen molar-refractivity contribution in [3.05, 3.63) is 114 Å². The number of H-pyrrole nitrogens is 2. The summed E-state index contributed by atoms with van der Waals surface area (Å²) >= 11 is 0. The van der Waals surface area contributed by atoms with Crippen molar-refractivity contribution in [3.8, 4) is 11.1 Å². The van der Waals surface area contributed by atoms with Crippen LogP contribution in [-0.2, 0) is 11.6 Å². The second-order valence-electron chi connectivity index (χ2n) is 11.0. The Bertz CT molecular complexity index is 1960. The van der Waals surface area contributed by atoms with Gasteiger partial charge in [-0.1, -0.05) is 68.4 Å². The number of aromatic nitrogens is 2. The molecular formula is C33H26F3N5. The molecule has 6 aromatic rings. The molecule has 0 saturated carbocycles. The number of fused-ring (bicyclic) bond motifs is 3. The van der Waals surface area contributed by atoms with Gasteiger partial charge in [-0.25, -0.2) is 0 Å². The van der Waals surface area contributed by atoms with Gasteiger partial charge in [0.2, 0.25) is 0 Å². The predicted octanol–water partition coefficient (Wildman–Crippen LogP) is 10.2. The Labute approximate surface area is 234 Å². The zero-order valence-corrected chi connectivity index (χ0v) is 22.3. The van der Waals surface area contributed by atoms with Crippen molar-refractivity contribution in [2.75, 3.05) is 5.32 Å². The van der Waals surface area contributed by atoms with Gasteiger partial charge in [0.05, 0.1) is 17.3 Å². The smallest absolute Gasteiger partial charge is 0.377 e. The van der Waals surface area contributed by atoms with E-state index in [2.05, 4.69) is 45.4 Å². The van der Waals surface area contributed by atoms with Crippen LogP contribution in [0.15, 0.2) is 108 Å². The summed E-state index contributed by atoms with van der Waals surface area (Å²) in [4.78, 5) is 6.42. The molecular weight excluding hydrogens is 523 g/mol. The van der Waals surface area contributed by atoms with Gasteiger partial charge in [-0.3, -0.25) is 0 Å². The molecule has 5 nitrogen and oxygen atoms in total. The number of halogens is 3. The minimum atomic E-state index is -4.60. The molecule has 0 amide bonds. The fourth-order valence-corrected chi connectivity index (χ4v) is 5.97. The van der Waals surface area contributed by atoms with E-state index < -0.39 is 11.7 Å². The van der Waals surface area contributed by atoms with E-state index in [1.807, 2.05) is 66.9 Å². The molecule has 0 spiro atoms. The summed E-state index contributed by atoms with van der Waals surface area (Å²) in [5.41, 5.74) is 5.45. The highest BCUT2D eigenvalue weighted by Gasteiger charge is 2.41. The first-order valence-corrected chi connectivity index (χ1v) is 13.4. The number of hydrogen-bond acceptors (Lipinski definition) is 3. The summed E-state index contributed by atoms with van der Waals surface area (Å²) in [6, 6.07) is 25.7. The SMILES string of the molecule is CC1(C)c2ccc(-c3ccc(N=Nc4c[nH]c5ccccc45)c(C(F)(F)F)c3)cc2NC1c1c[nH]c2ccccc12. The van der Waals surface area contributed by atoms with E-state index in [9.17, 15) is 13.2 Å². The van der Waals surface area contributed by atoms with Gasteiger partial charge in [0.1, 0.15) is 5.69 Å². The van der Waals surface area contributed by atoms with Crippen LogP contribution in [0.25, 0.3) is 32.9 Å². The lowest BCUT2D eigenvalue weighted by molar-refractivity contribution is -0.137. The van der Waals surface area contributed by atoms with Crippen LogP contribution in [0.1, 0.15) is 36.6 Å². The molecule has 2 aromatic heterocycles. The topological polar surface area (TPSA) is 68.3 Å². The number of nitrogens with one attached hydrogen (secondary N) is 3. The first kappa shape index (κ1) is 25.1. The monoisotopic (exact) mass is 549 g/mol. The Hall–Kier alpha value is -4.85. The molecule has 0 saturated heterocycles. The summed E-state index contributed by atoms with van der Waals surface area (Å²) in [5, 5.41) is 13.8. The molecule has 1 aliphatic rings. The summed E-state index contributed by atoms with van der Waals surface area (Å²) in [6.45, 7) is 4.38. The van der Waals surface area contributed by atoms with Crippen LogP contribution in [0.3, 0.4) is 0 Å². The maximum absolute atomic E-state index is 14.2. The van der Waals surface area contributed by atoms with Gasteiger partial charge in [0.15, 0.2) is 0 Å². The van der Waals surface area contributed by atoms with Crippen LogP contribution < -0.4 is 5.32 Å². The summed E-state index contributed by atoms with van der Waals surface area (Å²) < 4.78 is 42.6. The van der Waals surface area contributed by atoms with Crippen LogP contribution in [0, 0.1) is 0 Å². The number of benzene rings is 4. The van der Waals surface area contributed by atoms with Gasteiger partial charge in [-0.05, 0) is 47.0 Å². The minimum absolute atomic E-state index is 0.00179. The molecule has 0 aliphatic carbocycles. The molecule has 8 heteroatoms. The summed E-state index contributed by atoms with van der Waals surface area (Å²) in [5.74, 6) is 0. The van der Waals surface area contributed by atoms with Gasteiger partial charge in [-0.15, -0.1) is 10.2 Å². The maximum Gasteiger partial charge on any atom is 0.418 e. The lowest BCUT2D eigenvalue weighted by atomic mass is 9.77. The number of hydrogen-bond donors (Lipinski definition) is 3. The number of nitrogens with zero attached hydrogens (tertiary/aromatic N) is 2. The highest BCUT2D eigenvalue weighted by atomic mass is 19.4. The van der Waals surface area contributed by atoms with E-state index in [1.165, 1.54) is 6.07 Å². The van der Waals surface area contributed by atoms with Gasteiger partial charge >= 0.3 is 6.18 Å². The quantitative estimate of drug-likeness (QED) is 0.188. The largest absolute Gasteiger partial charge is 0.418 e. The number of anilines is 1. The van der Waals surface area contributed by atoms with Crippen LogP contribution in [0.2, 0.25) is 0 Å². The van der Waals surface area contributed by atoms with Crippen LogP contribution in [0.4, 0.5) is 30.2 Å². The molecule has 0 fully saturated rings. The minimum Gasteiger partial charge on any atom is -0.377 e. The molecule has 204 valence electrons. The number of rotatable bonds is 4. The third-order valence-corrected chi connectivity index (χ3v) is 8.14. The van der Waals surface area contributed by atoms with E-state index in [4.69, 9.17) is 0 Å². The molecule has 0 radical (unpaired) electrons. The predicted molar refractivity (Wildman–Crippen MR) is 157 cm³/mol. The van der Waals surface area contributed by atoms with Crippen molar-refractivity contribution in [1.29, 1.82) is 0 Å². The lowest BCUT2D eigenvalue weighted by Crippen LogP contribution is -2.25. The van der Waals surface area contributed by atoms with Gasteiger partial charge in [0, 0.05) is 50.9 Å². The first-order chi connectivity index (χ1) is 19.7. The Balaban J connectivity index is 1.24. The molecule has 4 aromatic carbocycles. The van der Waals surface area contributed by atoms with Crippen molar-refractivity contribution >= 4 is 38.9 Å². The van der Waals surface area contributed by atoms with Gasteiger partial charge < -0.3 is 15.3 Å². The maximum atomic E-state index is 14.2. The van der Waals surface area contributed by atoms with E-state index in [0.29, 0.717) is 16.8 Å². The van der Waals surface area contributed by atoms with Gasteiger partial charge in [-0.2, -0.15) is 13.2 Å². The van der Waals surface area contributed by atoms with E-state index in [1.54, 1.807) is 12.3 Å². The highest BCUT2D eigenvalue weighted by Crippen LogP contribution is 2.51.